The minimum Gasteiger partial charge on any atom is -0.336 e. The van der Waals surface area contributed by atoms with Crippen LogP contribution in [0.25, 0.3) is 0 Å². The molecule has 3 heterocycles. The van der Waals surface area contributed by atoms with Gasteiger partial charge in [-0.2, -0.15) is 11.8 Å². The van der Waals surface area contributed by atoms with Crippen LogP contribution in [0.5, 0.6) is 0 Å². The minimum atomic E-state index is 0.0537. The Labute approximate surface area is 127 Å². The van der Waals surface area contributed by atoms with E-state index < -0.39 is 0 Å². The number of amides is 1. The molecule has 1 aliphatic heterocycles. The Bertz CT molecular complexity index is 557. The molecule has 0 spiro atoms. The second kappa shape index (κ2) is 6.41. The van der Waals surface area contributed by atoms with Gasteiger partial charge in [0.25, 0.3) is 5.91 Å². The van der Waals surface area contributed by atoms with Crippen LogP contribution in [0.4, 0.5) is 0 Å². The number of hydrogen-bond acceptors (Lipinski definition) is 4. The number of hydrogen-bond donors (Lipinski definition) is 0. The standard InChI is InChI=1S/C15H16N2OS2/c18-15(12-4-1-2-7-16-12)17-8-6-14(20-11-9-17)13-5-3-10-19-13/h1-5,7,10,14H,6,8-9,11H2. The summed E-state index contributed by atoms with van der Waals surface area (Å²) >= 11 is 3.76. The maximum Gasteiger partial charge on any atom is 0.272 e. The van der Waals surface area contributed by atoms with Gasteiger partial charge in [0, 0.05) is 35.2 Å². The van der Waals surface area contributed by atoms with Gasteiger partial charge in [-0.3, -0.25) is 9.78 Å². The molecule has 0 aliphatic carbocycles. The molecule has 3 nitrogen and oxygen atoms in total. The first kappa shape index (κ1) is 13.6. The Morgan fingerprint density at radius 3 is 2.95 bits per heavy atom. The summed E-state index contributed by atoms with van der Waals surface area (Å²) in [7, 11) is 0. The van der Waals surface area contributed by atoms with Crippen LogP contribution in [0.15, 0.2) is 41.9 Å². The van der Waals surface area contributed by atoms with Gasteiger partial charge in [-0.25, -0.2) is 0 Å². The van der Waals surface area contributed by atoms with Crippen LogP contribution in [0.1, 0.15) is 27.0 Å². The van der Waals surface area contributed by atoms with E-state index in [0.717, 1.165) is 25.3 Å². The van der Waals surface area contributed by atoms with Gasteiger partial charge in [0.15, 0.2) is 0 Å². The van der Waals surface area contributed by atoms with E-state index in [9.17, 15) is 4.79 Å². The highest BCUT2D eigenvalue weighted by atomic mass is 32.2. The number of thioether (sulfide) groups is 1. The van der Waals surface area contributed by atoms with Gasteiger partial charge in [0.1, 0.15) is 5.69 Å². The van der Waals surface area contributed by atoms with E-state index in [1.165, 1.54) is 4.88 Å². The number of pyridine rings is 1. The van der Waals surface area contributed by atoms with Crippen LogP contribution in [-0.2, 0) is 0 Å². The molecule has 0 saturated carbocycles. The van der Waals surface area contributed by atoms with Crippen molar-refractivity contribution in [2.45, 2.75) is 11.7 Å². The molecule has 2 aromatic rings. The average Bonchev–Trinajstić information content (AvgIpc) is 2.92. The largest absolute Gasteiger partial charge is 0.336 e. The fourth-order valence-electron chi connectivity index (χ4n) is 2.33. The molecule has 0 N–H and O–H groups in total. The van der Waals surface area contributed by atoms with Crippen LogP contribution >= 0.6 is 23.1 Å². The number of carbonyl (C=O) groups excluding carboxylic acids is 1. The highest BCUT2D eigenvalue weighted by Gasteiger charge is 2.23. The number of nitrogens with zero attached hydrogens (tertiary/aromatic N) is 2. The Morgan fingerprint density at radius 1 is 1.25 bits per heavy atom. The van der Waals surface area contributed by atoms with Crippen molar-refractivity contribution in [3.63, 3.8) is 0 Å². The van der Waals surface area contributed by atoms with Gasteiger partial charge < -0.3 is 4.90 Å². The van der Waals surface area contributed by atoms with Crippen LogP contribution < -0.4 is 0 Å². The molecule has 20 heavy (non-hydrogen) atoms. The van der Waals surface area contributed by atoms with Crippen molar-refractivity contribution in [3.05, 3.63) is 52.5 Å². The first-order chi connectivity index (χ1) is 9.84. The zero-order valence-corrected chi connectivity index (χ0v) is 12.7. The van der Waals surface area contributed by atoms with Gasteiger partial charge in [-0.1, -0.05) is 12.1 Å². The summed E-state index contributed by atoms with van der Waals surface area (Å²) in [5, 5.41) is 2.65. The van der Waals surface area contributed by atoms with Crippen LogP contribution in [0.2, 0.25) is 0 Å². The summed E-state index contributed by atoms with van der Waals surface area (Å²) in [5.41, 5.74) is 0.548. The van der Waals surface area contributed by atoms with Crippen LogP contribution in [0, 0.1) is 0 Å². The molecule has 0 radical (unpaired) electrons. The fraction of sp³-hybridized carbons (Fsp3) is 0.333. The molecule has 1 atom stereocenters. The van der Waals surface area contributed by atoms with E-state index in [0.29, 0.717) is 10.9 Å². The molecular formula is C15H16N2OS2. The maximum atomic E-state index is 12.4. The lowest BCUT2D eigenvalue weighted by molar-refractivity contribution is 0.0761. The number of carbonyl (C=O) groups is 1. The molecule has 1 unspecified atom stereocenters. The highest BCUT2D eigenvalue weighted by molar-refractivity contribution is 7.99. The van der Waals surface area contributed by atoms with Crippen molar-refractivity contribution < 1.29 is 4.79 Å². The van der Waals surface area contributed by atoms with Gasteiger partial charge in [-0.05, 0) is 30.0 Å². The van der Waals surface area contributed by atoms with Crippen molar-refractivity contribution in [3.8, 4) is 0 Å². The van der Waals surface area contributed by atoms with E-state index in [2.05, 4.69) is 22.5 Å². The summed E-state index contributed by atoms with van der Waals surface area (Å²) in [4.78, 5) is 19.9. The molecule has 3 rings (SSSR count). The molecule has 5 heteroatoms. The molecule has 1 aliphatic rings. The van der Waals surface area contributed by atoms with Crippen molar-refractivity contribution in [2.75, 3.05) is 18.8 Å². The van der Waals surface area contributed by atoms with E-state index in [4.69, 9.17) is 0 Å². The molecule has 1 amide bonds. The number of aromatic nitrogens is 1. The summed E-state index contributed by atoms with van der Waals surface area (Å²) in [6, 6.07) is 9.78. The zero-order chi connectivity index (χ0) is 13.8. The maximum absolute atomic E-state index is 12.4. The topological polar surface area (TPSA) is 33.2 Å². The average molecular weight is 304 g/mol. The molecule has 0 aromatic carbocycles. The van der Waals surface area contributed by atoms with E-state index in [1.807, 2.05) is 40.1 Å². The normalized spacial score (nSPS) is 19.6. The molecule has 0 bridgehead atoms. The lowest BCUT2D eigenvalue weighted by Gasteiger charge is -2.19. The summed E-state index contributed by atoms with van der Waals surface area (Å²) in [6.45, 7) is 1.62. The molecular weight excluding hydrogens is 288 g/mol. The van der Waals surface area contributed by atoms with E-state index >= 15 is 0 Å². The number of rotatable bonds is 2. The lowest BCUT2D eigenvalue weighted by atomic mass is 10.2. The summed E-state index contributed by atoms with van der Waals surface area (Å²) in [5.74, 6) is 1.04. The zero-order valence-electron chi connectivity index (χ0n) is 11.1. The smallest absolute Gasteiger partial charge is 0.272 e. The Hall–Kier alpha value is -1.33. The Kier molecular flexibility index (Phi) is 4.38. The van der Waals surface area contributed by atoms with Crippen LogP contribution in [-0.4, -0.2) is 34.6 Å². The van der Waals surface area contributed by atoms with Crippen molar-refractivity contribution >= 4 is 29.0 Å². The third kappa shape index (κ3) is 3.04. The predicted octanol–water partition coefficient (Wildman–Crippen LogP) is 3.46. The second-order valence-electron chi connectivity index (χ2n) is 4.67. The first-order valence-electron chi connectivity index (χ1n) is 6.70. The van der Waals surface area contributed by atoms with Crippen molar-refractivity contribution in [1.82, 2.24) is 9.88 Å². The van der Waals surface area contributed by atoms with E-state index in [1.54, 1.807) is 12.3 Å². The predicted molar refractivity (Wildman–Crippen MR) is 84.3 cm³/mol. The van der Waals surface area contributed by atoms with Crippen molar-refractivity contribution in [1.29, 1.82) is 0 Å². The highest BCUT2D eigenvalue weighted by Crippen LogP contribution is 2.36. The van der Waals surface area contributed by atoms with Gasteiger partial charge in [-0.15, -0.1) is 11.3 Å². The van der Waals surface area contributed by atoms with Gasteiger partial charge >= 0.3 is 0 Å². The van der Waals surface area contributed by atoms with Crippen molar-refractivity contribution in [2.24, 2.45) is 0 Å². The number of thiophene rings is 1. The summed E-state index contributed by atoms with van der Waals surface area (Å²) in [6.07, 6.45) is 2.69. The summed E-state index contributed by atoms with van der Waals surface area (Å²) < 4.78 is 0. The third-order valence-corrected chi connectivity index (χ3v) is 5.82. The van der Waals surface area contributed by atoms with Gasteiger partial charge in [0.05, 0.1) is 0 Å². The molecule has 1 fully saturated rings. The lowest BCUT2D eigenvalue weighted by Crippen LogP contribution is -2.33. The minimum absolute atomic E-state index is 0.0537. The quantitative estimate of drug-likeness (QED) is 0.852. The Balaban J connectivity index is 1.67. The van der Waals surface area contributed by atoms with Crippen LogP contribution in [0.3, 0.4) is 0 Å². The molecule has 1 saturated heterocycles. The van der Waals surface area contributed by atoms with Gasteiger partial charge in [0.2, 0.25) is 0 Å². The molecule has 104 valence electrons. The first-order valence-corrected chi connectivity index (χ1v) is 8.63. The van der Waals surface area contributed by atoms with E-state index in [-0.39, 0.29) is 5.91 Å². The Morgan fingerprint density at radius 2 is 2.20 bits per heavy atom. The SMILES string of the molecule is O=C(c1ccccn1)N1CCSC(c2cccs2)CC1. The second-order valence-corrected chi connectivity index (χ2v) is 6.96. The monoisotopic (exact) mass is 304 g/mol. The molecule has 2 aromatic heterocycles. The fourth-order valence-corrected chi connectivity index (χ4v) is 4.56. The third-order valence-electron chi connectivity index (χ3n) is 3.37.